The van der Waals surface area contributed by atoms with Gasteiger partial charge in [0, 0.05) is 4.88 Å². The van der Waals surface area contributed by atoms with Crippen molar-refractivity contribution in [2.75, 3.05) is 0 Å². The average molecular weight is 302 g/mol. The van der Waals surface area contributed by atoms with E-state index >= 15 is 0 Å². The third-order valence-electron chi connectivity index (χ3n) is 4.78. The molecule has 1 saturated carbocycles. The zero-order valence-corrected chi connectivity index (χ0v) is 13.5. The van der Waals surface area contributed by atoms with Crippen LogP contribution in [0.1, 0.15) is 56.9 Å². The van der Waals surface area contributed by atoms with Gasteiger partial charge < -0.3 is 0 Å². The second kappa shape index (κ2) is 6.74. The third-order valence-corrected chi connectivity index (χ3v) is 5.71. The second-order valence-corrected chi connectivity index (χ2v) is 7.27. The van der Waals surface area contributed by atoms with Gasteiger partial charge in [0.1, 0.15) is 0 Å². The van der Waals surface area contributed by atoms with Crippen LogP contribution in [0.5, 0.6) is 0 Å². The number of halogens is 1. The molecule has 2 heteroatoms. The lowest BCUT2D eigenvalue weighted by molar-refractivity contribution is 0.308. The second-order valence-electron chi connectivity index (χ2n) is 6.23. The molecule has 3 rings (SSSR count). The predicted octanol–water partition coefficient (Wildman–Crippen LogP) is 6.63. The molecule has 0 nitrogen and oxygen atoms in total. The molecule has 0 bridgehead atoms. The van der Waals surface area contributed by atoms with Gasteiger partial charge in [0.2, 0.25) is 0 Å². The Kier molecular flexibility index (Phi) is 4.74. The Morgan fingerprint density at radius 2 is 1.71 bits per heavy atom. The standard InChI is InChI=1S/C19H23FS/c1-2-3-14-4-6-15(7-5-14)16-8-10-17(11-9-16)18-12-13-19(20)21-18/h8-15H,2-7H2,1H3. The maximum absolute atomic E-state index is 13.1. The molecule has 1 aliphatic rings. The maximum Gasteiger partial charge on any atom is 0.176 e. The van der Waals surface area contributed by atoms with Crippen molar-refractivity contribution in [1.82, 2.24) is 0 Å². The summed E-state index contributed by atoms with van der Waals surface area (Å²) in [6, 6.07) is 12.2. The van der Waals surface area contributed by atoms with Crippen LogP contribution in [0.3, 0.4) is 0 Å². The number of hydrogen-bond acceptors (Lipinski definition) is 1. The predicted molar refractivity (Wildman–Crippen MR) is 89.3 cm³/mol. The number of thiophene rings is 1. The molecule has 1 aliphatic carbocycles. The molecule has 0 saturated heterocycles. The lowest BCUT2D eigenvalue weighted by Gasteiger charge is -2.28. The van der Waals surface area contributed by atoms with Gasteiger partial charge in [0.25, 0.3) is 0 Å². The fourth-order valence-corrected chi connectivity index (χ4v) is 4.32. The maximum atomic E-state index is 13.1. The molecule has 21 heavy (non-hydrogen) atoms. The van der Waals surface area contributed by atoms with E-state index in [9.17, 15) is 4.39 Å². The van der Waals surface area contributed by atoms with E-state index in [4.69, 9.17) is 0 Å². The molecule has 0 N–H and O–H groups in total. The van der Waals surface area contributed by atoms with E-state index in [0.29, 0.717) is 0 Å². The fraction of sp³-hybridized carbons (Fsp3) is 0.474. The Morgan fingerprint density at radius 3 is 2.29 bits per heavy atom. The highest BCUT2D eigenvalue weighted by atomic mass is 32.1. The quantitative estimate of drug-likeness (QED) is 0.594. The minimum atomic E-state index is -0.108. The van der Waals surface area contributed by atoms with Crippen LogP contribution < -0.4 is 0 Å². The zero-order chi connectivity index (χ0) is 14.7. The Bertz CT molecular complexity index is 562. The SMILES string of the molecule is CCCC1CCC(c2ccc(-c3ccc(F)s3)cc2)CC1. The minimum Gasteiger partial charge on any atom is -0.195 e. The molecule has 1 heterocycles. The summed E-state index contributed by atoms with van der Waals surface area (Å²) in [6.07, 6.45) is 8.15. The van der Waals surface area contributed by atoms with E-state index in [-0.39, 0.29) is 5.13 Å². The summed E-state index contributed by atoms with van der Waals surface area (Å²) >= 11 is 1.22. The Balaban J connectivity index is 1.65. The van der Waals surface area contributed by atoms with Crippen LogP contribution in [0.4, 0.5) is 4.39 Å². The van der Waals surface area contributed by atoms with Crippen LogP contribution in [0, 0.1) is 11.0 Å². The molecule has 0 aliphatic heterocycles. The third kappa shape index (κ3) is 3.55. The van der Waals surface area contributed by atoms with Gasteiger partial charge in [-0.3, -0.25) is 0 Å². The Hall–Kier alpha value is -1.15. The van der Waals surface area contributed by atoms with Crippen molar-refractivity contribution >= 4 is 11.3 Å². The van der Waals surface area contributed by atoms with Crippen LogP contribution in [0.15, 0.2) is 36.4 Å². The fourth-order valence-electron chi connectivity index (χ4n) is 3.58. The summed E-state index contributed by atoms with van der Waals surface area (Å²) < 4.78 is 13.1. The van der Waals surface area contributed by atoms with Gasteiger partial charge in [-0.05, 0) is 60.8 Å². The van der Waals surface area contributed by atoms with Gasteiger partial charge in [-0.1, -0.05) is 44.0 Å². The van der Waals surface area contributed by atoms with E-state index in [0.717, 1.165) is 22.3 Å². The van der Waals surface area contributed by atoms with E-state index < -0.39 is 0 Å². The lowest BCUT2D eigenvalue weighted by atomic mass is 9.77. The highest BCUT2D eigenvalue weighted by Gasteiger charge is 2.21. The summed E-state index contributed by atoms with van der Waals surface area (Å²) in [5.41, 5.74) is 2.60. The Morgan fingerprint density at radius 1 is 1.00 bits per heavy atom. The molecule has 0 amide bonds. The van der Waals surface area contributed by atoms with Crippen molar-refractivity contribution in [3.63, 3.8) is 0 Å². The van der Waals surface area contributed by atoms with Crippen molar-refractivity contribution in [3.8, 4) is 10.4 Å². The molecule has 0 spiro atoms. The van der Waals surface area contributed by atoms with Gasteiger partial charge in [0.05, 0.1) is 0 Å². The summed E-state index contributed by atoms with van der Waals surface area (Å²) in [4.78, 5) is 1.02. The van der Waals surface area contributed by atoms with Gasteiger partial charge in [-0.15, -0.1) is 11.3 Å². The van der Waals surface area contributed by atoms with Crippen molar-refractivity contribution in [3.05, 3.63) is 47.1 Å². The van der Waals surface area contributed by atoms with Crippen molar-refractivity contribution in [1.29, 1.82) is 0 Å². The van der Waals surface area contributed by atoms with E-state index in [1.807, 2.05) is 6.07 Å². The molecule has 0 radical (unpaired) electrons. The molecule has 1 aromatic carbocycles. The first kappa shape index (κ1) is 14.8. The lowest BCUT2D eigenvalue weighted by Crippen LogP contribution is -2.13. The zero-order valence-electron chi connectivity index (χ0n) is 12.6. The average Bonchev–Trinajstić information content (AvgIpc) is 2.95. The summed E-state index contributed by atoms with van der Waals surface area (Å²) in [6.45, 7) is 2.29. The van der Waals surface area contributed by atoms with E-state index in [1.165, 1.54) is 55.4 Å². The van der Waals surface area contributed by atoms with Crippen LogP contribution in [0.25, 0.3) is 10.4 Å². The van der Waals surface area contributed by atoms with Crippen molar-refractivity contribution < 1.29 is 4.39 Å². The molecular formula is C19H23FS. The first-order valence-corrected chi connectivity index (χ1v) is 8.93. The molecule has 1 aromatic heterocycles. The molecular weight excluding hydrogens is 279 g/mol. The van der Waals surface area contributed by atoms with Crippen molar-refractivity contribution in [2.45, 2.75) is 51.4 Å². The van der Waals surface area contributed by atoms with Crippen LogP contribution in [-0.4, -0.2) is 0 Å². The molecule has 2 aromatic rings. The van der Waals surface area contributed by atoms with E-state index in [1.54, 1.807) is 6.07 Å². The topological polar surface area (TPSA) is 0 Å². The summed E-state index contributed by atoms with van der Waals surface area (Å²) in [5, 5.41) is -0.108. The first-order valence-electron chi connectivity index (χ1n) is 8.12. The number of benzene rings is 1. The highest BCUT2D eigenvalue weighted by molar-refractivity contribution is 7.13. The van der Waals surface area contributed by atoms with Crippen LogP contribution >= 0.6 is 11.3 Å². The van der Waals surface area contributed by atoms with Gasteiger partial charge in [-0.25, -0.2) is 0 Å². The van der Waals surface area contributed by atoms with Gasteiger partial charge in [0.15, 0.2) is 5.13 Å². The van der Waals surface area contributed by atoms with Crippen LogP contribution in [0.2, 0.25) is 0 Å². The molecule has 1 fully saturated rings. The molecule has 0 atom stereocenters. The molecule has 112 valence electrons. The smallest absolute Gasteiger partial charge is 0.176 e. The first-order chi connectivity index (χ1) is 10.3. The van der Waals surface area contributed by atoms with Crippen molar-refractivity contribution in [2.24, 2.45) is 5.92 Å². The monoisotopic (exact) mass is 302 g/mol. The van der Waals surface area contributed by atoms with Gasteiger partial charge >= 0.3 is 0 Å². The minimum absolute atomic E-state index is 0.108. The number of rotatable bonds is 4. The van der Waals surface area contributed by atoms with Gasteiger partial charge in [-0.2, -0.15) is 4.39 Å². The number of hydrogen-bond donors (Lipinski definition) is 0. The summed E-state index contributed by atoms with van der Waals surface area (Å²) in [7, 11) is 0. The Labute approximate surface area is 131 Å². The largest absolute Gasteiger partial charge is 0.195 e. The van der Waals surface area contributed by atoms with Crippen LogP contribution in [-0.2, 0) is 0 Å². The summed E-state index contributed by atoms with van der Waals surface area (Å²) in [5.74, 6) is 1.69. The highest BCUT2D eigenvalue weighted by Crippen LogP contribution is 2.38. The van der Waals surface area contributed by atoms with E-state index in [2.05, 4.69) is 31.2 Å². The normalized spacial score (nSPS) is 22.4. The molecule has 0 unspecified atom stereocenters.